The Bertz CT molecular complexity index is 258. The zero-order valence-corrected chi connectivity index (χ0v) is 14.5. The first-order chi connectivity index (χ1) is 10.1. The molecule has 0 aliphatic heterocycles. The van der Waals surface area contributed by atoms with Gasteiger partial charge < -0.3 is 4.74 Å². The first kappa shape index (κ1) is 20.2. The molecule has 0 N–H and O–H groups in total. The third-order valence-corrected chi connectivity index (χ3v) is 3.87. The maximum absolute atomic E-state index is 11.2. The molecule has 0 spiro atoms. The highest BCUT2D eigenvalue weighted by molar-refractivity contribution is 5.81. The van der Waals surface area contributed by atoms with Crippen LogP contribution in [0.1, 0.15) is 91.4 Å². The summed E-state index contributed by atoms with van der Waals surface area (Å²) in [4.78, 5) is 11.2. The van der Waals surface area contributed by atoms with E-state index in [1.807, 2.05) is 0 Å². The molecule has 2 heteroatoms. The molecule has 0 amide bonds. The molecule has 2 nitrogen and oxygen atoms in total. The minimum absolute atomic E-state index is 0.0894. The minimum Gasteiger partial charge on any atom is -0.459 e. The summed E-state index contributed by atoms with van der Waals surface area (Å²) in [6.45, 7) is 10.2. The third kappa shape index (κ3) is 13.9. The smallest absolute Gasteiger partial charge is 0.330 e. The zero-order valence-electron chi connectivity index (χ0n) is 14.5. The Kier molecular flexibility index (Phi) is 13.6. The van der Waals surface area contributed by atoms with Crippen molar-refractivity contribution in [2.75, 3.05) is 0 Å². The molecule has 0 fully saturated rings. The van der Waals surface area contributed by atoms with E-state index in [-0.39, 0.29) is 12.1 Å². The van der Waals surface area contributed by atoms with Crippen molar-refractivity contribution in [1.82, 2.24) is 0 Å². The van der Waals surface area contributed by atoms with Crippen molar-refractivity contribution in [2.24, 2.45) is 5.92 Å². The maximum Gasteiger partial charge on any atom is 0.330 e. The molecule has 0 saturated carbocycles. The Labute approximate surface area is 132 Å². The Hall–Kier alpha value is -0.790. The van der Waals surface area contributed by atoms with Gasteiger partial charge in [-0.2, -0.15) is 0 Å². The number of rotatable bonds is 14. The fraction of sp³-hybridized carbons (Fsp3) is 0.842. The fourth-order valence-corrected chi connectivity index (χ4v) is 2.61. The Morgan fingerprint density at radius 3 is 1.95 bits per heavy atom. The van der Waals surface area contributed by atoms with Crippen LogP contribution in [0.15, 0.2) is 12.7 Å². The van der Waals surface area contributed by atoms with Gasteiger partial charge in [-0.3, -0.25) is 0 Å². The highest BCUT2D eigenvalue weighted by Crippen LogP contribution is 2.15. The summed E-state index contributed by atoms with van der Waals surface area (Å²) < 4.78 is 5.37. The highest BCUT2D eigenvalue weighted by Gasteiger charge is 2.11. The summed E-state index contributed by atoms with van der Waals surface area (Å²) in [5.74, 6) is 0.567. The predicted octanol–water partition coefficient (Wildman–Crippen LogP) is 6.05. The molecule has 0 aromatic rings. The minimum atomic E-state index is -0.279. The molecular formula is C19H36O2. The molecule has 1 atom stereocenters. The quantitative estimate of drug-likeness (QED) is 0.221. The molecule has 124 valence electrons. The summed E-state index contributed by atoms with van der Waals surface area (Å²) >= 11 is 0. The standard InChI is InChI=1S/C19H36O2/c1-5-14-18(21-19(20)6-2)16-13-11-9-7-8-10-12-15-17(3)4/h6,17-18H,2,5,7-16H2,1,3-4H3. The second kappa shape index (κ2) is 14.2. The van der Waals surface area contributed by atoms with E-state index in [0.29, 0.717) is 0 Å². The van der Waals surface area contributed by atoms with E-state index >= 15 is 0 Å². The average Bonchev–Trinajstić information content (AvgIpc) is 2.45. The van der Waals surface area contributed by atoms with E-state index in [0.717, 1.165) is 25.2 Å². The highest BCUT2D eigenvalue weighted by atomic mass is 16.5. The monoisotopic (exact) mass is 296 g/mol. The first-order valence-corrected chi connectivity index (χ1v) is 8.93. The van der Waals surface area contributed by atoms with Gasteiger partial charge in [0, 0.05) is 6.08 Å². The van der Waals surface area contributed by atoms with E-state index in [4.69, 9.17) is 4.74 Å². The van der Waals surface area contributed by atoms with Gasteiger partial charge >= 0.3 is 5.97 Å². The summed E-state index contributed by atoms with van der Waals surface area (Å²) in [5.41, 5.74) is 0. The average molecular weight is 296 g/mol. The second-order valence-electron chi connectivity index (χ2n) is 6.50. The van der Waals surface area contributed by atoms with Crippen LogP contribution >= 0.6 is 0 Å². The van der Waals surface area contributed by atoms with Crippen molar-refractivity contribution >= 4 is 5.97 Å². The lowest BCUT2D eigenvalue weighted by Crippen LogP contribution is -2.16. The largest absolute Gasteiger partial charge is 0.459 e. The van der Waals surface area contributed by atoms with Crippen molar-refractivity contribution in [1.29, 1.82) is 0 Å². The number of carbonyl (C=O) groups excluding carboxylic acids is 1. The molecule has 1 unspecified atom stereocenters. The van der Waals surface area contributed by atoms with Crippen molar-refractivity contribution in [2.45, 2.75) is 97.5 Å². The van der Waals surface area contributed by atoms with Gasteiger partial charge in [-0.05, 0) is 25.2 Å². The Morgan fingerprint density at radius 2 is 1.48 bits per heavy atom. The van der Waals surface area contributed by atoms with Gasteiger partial charge in [0.05, 0.1) is 0 Å². The van der Waals surface area contributed by atoms with E-state index in [1.54, 1.807) is 0 Å². The van der Waals surface area contributed by atoms with Crippen LogP contribution in [-0.2, 0) is 9.53 Å². The SMILES string of the molecule is C=CC(=O)OC(CCC)CCCCCCCCCC(C)C. The number of esters is 1. The molecule has 21 heavy (non-hydrogen) atoms. The zero-order chi connectivity index (χ0) is 15.9. The topological polar surface area (TPSA) is 26.3 Å². The van der Waals surface area contributed by atoms with Gasteiger partial charge in [0.1, 0.15) is 6.10 Å². The van der Waals surface area contributed by atoms with Crippen LogP contribution in [0.3, 0.4) is 0 Å². The number of carbonyl (C=O) groups is 1. The van der Waals surface area contributed by atoms with Crippen LogP contribution in [0.25, 0.3) is 0 Å². The Balaban J connectivity index is 3.49. The molecular weight excluding hydrogens is 260 g/mol. The number of ether oxygens (including phenoxy) is 1. The molecule has 0 heterocycles. The fourth-order valence-electron chi connectivity index (χ4n) is 2.61. The molecule has 0 radical (unpaired) electrons. The van der Waals surface area contributed by atoms with E-state index in [1.165, 1.54) is 57.4 Å². The lowest BCUT2D eigenvalue weighted by molar-refractivity contribution is -0.143. The van der Waals surface area contributed by atoms with Crippen LogP contribution < -0.4 is 0 Å². The molecule has 0 aromatic heterocycles. The second-order valence-corrected chi connectivity index (χ2v) is 6.50. The molecule has 0 aromatic carbocycles. The number of hydrogen-bond acceptors (Lipinski definition) is 2. The lowest BCUT2D eigenvalue weighted by atomic mass is 10.0. The molecule has 0 saturated heterocycles. The summed E-state index contributed by atoms with van der Waals surface area (Å²) in [6, 6.07) is 0. The van der Waals surface area contributed by atoms with E-state index in [2.05, 4.69) is 27.4 Å². The van der Waals surface area contributed by atoms with Crippen LogP contribution in [0, 0.1) is 5.92 Å². The van der Waals surface area contributed by atoms with Gasteiger partial charge in [-0.25, -0.2) is 4.79 Å². The molecule has 0 rings (SSSR count). The van der Waals surface area contributed by atoms with Gasteiger partial charge in [0.2, 0.25) is 0 Å². The third-order valence-electron chi connectivity index (χ3n) is 3.87. The van der Waals surface area contributed by atoms with Crippen molar-refractivity contribution in [3.63, 3.8) is 0 Å². The van der Waals surface area contributed by atoms with E-state index < -0.39 is 0 Å². The van der Waals surface area contributed by atoms with E-state index in [9.17, 15) is 4.79 Å². The molecule has 0 aliphatic carbocycles. The molecule has 0 bridgehead atoms. The van der Waals surface area contributed by atoms with Crippen LogP contribution in [0.5, 0.6) is 0 Å². The molecule has 0 aliphatic rings. The van der Waals surface area contributed by atoms with Gasteiger partial charge in [-0.15, -0.1) is 0 Å². The van der Waals surface area contributed by atoms with Gasteiger partial charge in [-0.1, -0.05) is 78.7 Å². The van der Waals surface area contributed by atoms with Crippen LogP contribution in [0.2, 0.25) is 0 Å². The summed E-state index contributed by atoms with van der Waals surface area (Å²) in [7, 11) is 0. The van der Waals surface area contributed by atoms with Gasteiger partial charge in [0.25, 0.3) is 0 Å². The lowest BCUT2D eigenvalue weighted by Gasteiger charge is -2.16. The van der Waals surface area contributed by atoms with Crippen LogP contribution in [0.4, 0.5) is 0 Å². The van der Waals surface area contributed by atoms with Crippen molar-refractivity contribution in [3.05, 3.63) is 12.7 Å². The normalized spacial score (nSPS) is 12.4. The maximum atomic E-state index is 11.2. The summed E-state index contributed by atoms with van der Waals surface area (Å²) in [5, 5.41) is 0. The predicted molar refractivity (Wildman–Crippen MR) is 91.4 cm³/mol. The van der Waals surface area contributed by atoms with Crippen molar-refractivity contribution < 1.29 is 9.53 Å². The summed E-state index contributed by atoms with van der Waals surface area (Å²) in [6.07, 6.45) is 15.0. The number of unbranched alkanes of at least 4 members (excludes halogenated alkanes) is 6. The van der Waals surface area contributed by atoms with Crippen LogP contribution in [-0.4, -0.2) is 12.1 Å². The Morgan fingerprint density at radius 1 is 0.952 bits per heavy atom. The van der Waals surface area contributed by atoms with Gasteiger partial charge in [0.15, 0.2) is 0 Å². The number of hydrogen-bond donors (Lipinski definition) is 0. The first-order valence-electron chi connectivity index (χ1n) is 8.93. The van der Waals surface area contributed by atoms with Crippen molar-refractivity contribution in [3.8, 4) is 0 Å².